The van der Waals surface area contributed by atoms with Crippen LogP contribution >= 0.6 is 0 Å². The molecule has 0 bridgehead atoms. The molecule has 4 nitrogen and oxygen atoms in total. The Balaban J connectivity index is 2.07. The third-order valence-electron chi connectivity index (χ3n) is 4.26. The maximum atomic E-state index is 11.3. The van der Waals surface area contributed by atoms with Crippen molar-refractivity contribution in [3.63, 3.8) is 0 Å². The van der Waals surface area contributed by atoms with Gasteiger partial charge in [-0.3, -0.25) is 9.28 Å². The molecule has 0 saturated heterocycles. The number of nitrogens with zero attached hydrogens (tertiary/aromatic N) is 1. The number of carbonyl (C=O) groups is 1. The number of nitrogens with two attached hydrogens (primary N) is 1. The van der Waals surface area contributed by atoms with E-state index in [0.29, 0.717) is 13.0 Å². The van der Waals surface area contributed by atoms with Crippen LogP contribution in [0.3, 0.4) is 0 Å². The Hall–Kier alpha value is -1.81. The van der Waals surface area contributed by atoms with E-state index in [9.17, 15) is 4.79 Å². The highest BCUT2D eigenvalue weighted by molar-refractivity contribution is 5.75. The smallest absolute Gasteiger partial charge is 0.218 e. The second-order valence-corrected chi connectivity index (χ2v) is 6.15. The summed E-state index contributed by atoms with van der Waals surface area (Å²) < 4.78 is 6.51. The fraction of sp³-hybridized carbons (Fsp3) is 0.438. The summed E-state index contributed by atoms with van der Waals surface area (Å²) in [5.74, 6) is 0.873. The molecule has 4 heteroatoms. The van der Waals surface area contributed by atoms with Gasteiger partial charge in [0.15, 0.2) is 0 Å². The fourth-order valence-corrected chi connectivity index (χ4v) is 3.22. The van der Waals surface area contributed by atoms with E-state index in [1.54, 1.807) is 0 Å². The Morgan fingerprint density at radius 1 is 1.45 bits per heavy atom. The maximum Gasteiger partial charge on any atom is 0.218 e. The number of hydrogen-bond donors (Lipinski definition) is 1. The SMILES string of the molecule is C[N+]1(C)C=CCc2cc3c(cc21)C(CC(N)=O)CCO3. The Bertz CT molecular complexity index is 590. The minimum Gasteiger partial charge on any atom is -0.493 e. The van der Waals surface area contributed by atoms with E-state index in [1.165, 1.54) is 11.3 Å². The van der Waals surface area contributed by atoms with E-state index in [1.807, 2.05) is 0 Å². The number of quaternary nitrogens is 1. The number of amides is 1. The summed E-state index contributed by atoms with van der Waals surface area (Å²) in [6.45, 7) is 0.665. The Morgan fingerprint density at radius 3 is 3.00 bits per heavy atom. The predicted octanol–water partition coefficient (Wildman–Crippen LogP) is 2.06. The van der Waals surface area contributed by atoms with Gasteiger partial charge in [-0.25, -0.2) is 0 Å². The molecule has 2 aliphatic rings. The Kier molecular flexibility index (Phi) is 3.05. The first-order chi connectivity index (χ1) is 9.47. The minimum absolute atomic E-state index is 0.187. The lowest BCUT2D eigenvalue weighted by Crippen LogP contribution is -2.36. The van der Waals surface area contributed by atoms with Crippen molar-refractivity contribution in [1.29, 1.82) is 0 Å². The summed E-state index contributed by atoms with van der Waals surface area (Å²) in [5, 5.41) is 0. The molecular weight excluding hydrogens is 252 g/mol. The fourth-order valence-electron chi connectivity index (χ4n) is 3.22. The summed E-state index contributed by atoms with van der Waals surface area (Å²) >= 11 is 0. The molecule has 1 atom stereocenters. The molecule has 1 unspecified atom stereocenters. The van der Waals surface area contributed by atoms with Crippen molar-refractivity contribution >= 4 is 11.6 Å². The van der Waals surface area contributed by atoms with Crippen molar-refractivity contribution < 1.29 is 9.53 Å². The lowest BCUT2D eigenvalue weighted by Gasteiger charge is -2.33. The van der Waals surface area contributed by atoms with Gasteiger partial charge in [0, 0.05) is 30.0 Å². The van der Waals surface area contributed by atoms with Crippen LogP contribution in [0.1, 0.15) is 29.9 Å². The van der Waals surface area contributed by atoms with Gasteiger partial charge in [0.1, 0.15) is 11.4 Å². The molecule has 0 spiro atoms. The molecule has 0 saturated carbocycles. The average molecular weight is 273 g/mol. The first-order valence-electron chi connectivity index (χ1n) is 7.07. The van der Waals surface area contributed by atoms with Gasteiger partial charge in [0.2, 0.25) is 5.91 Å². The van der Waals surface area contributed by atoms with Crippen LogP contribution in [0.5, 0.6) is 5.75 Å². The van der Waals surface area contributed by atoms with Gasteiger partial charge in [-0.15, -0.1) is 0 Å². The normalized spacial score (nSPS) is 22.6. The predicted molar refractivity (Wildman–Crippen MR) is 79.6 cm³/mol. The summed E-state index contributed by atoms with van der Waals surface area (Å²) in [7, 11) is 4.32. The van der Waals surface area contributed by atoms with E-state index in [-0.39, 0.29) is 11.8 Å². The third kappa shape index (κ3) is 2.20. The van der Waals surface area contributed by atoms with Crippen molar-refractivity contribution in [1.82, 2.24) is 4.48 Å². The van der Waals surface area contributed by atoms with Crippen LogP contribution in [0.4, 0.5) is 5.69 Å². The minimum atomic E-state index is -0.241. The Morgan fingerprint density at radius 2 is 2.25 bits per heavy atom. The molecule has 1 aromatic rings. The first-order valence-corrected chi connectivity index (χ1v) is 7.07. The number of hydrogen-bond acceptors (Lipinski definition) is 2. The van der Waals surface area contributed by atoms with Crippen molar-refractivity contribution in [2.45, 2.75) is 25.2 Å². The van der Waals surface area contributed by atoms with Crippen molar-refractivity contribution in [3.8, 4) is 5.75 Å². The largest absolute Gasteiger partial charge is 0.493 e. The lowest BCUT2D eigenvalue weighted by molar-refractivity contribution is -0.118. The van der Waals surface area contributed by atoms with Gasteiger partial charge >= 0.3 is 0 Å². The molecule has 0 fully saturated rings. The zero-order chi connectivity index (χ0) is 14.3. The van der Waals surface area contributed by atoms with Crippen LogP contribution in [-0.2, 0) is 11.2 Å². The highest BCUT2D eigenvalue weighted by atomic mass is 16.5. The number of rotatable bonds is 2. The molecule has 3 rings (SSSR count). The van der Waals surface area contributed by atoms with Crippen LogP contribution in [0, 0.1) is 0 Å². The highest BCUT2D eigenvalue weighted by Crippen LogP contribution is 2.42. The van der Waals surface area contributed by atoms with E-state index in [4.69, 9.17) is 10.5 Å². The van der Waals surface area contributed by atoms with Crippen molar-refractivity contribution in [2.24, 2.45) is 5.73 Å². The Labute approximate surface area is 119 Å². The molecule has 2 N–H and O–H groups in total. The van der Waals surface area contributed by atoms with E-state index in [0.717, 1.165) is 28.6 Å². The highest BCUT2D eigenvalue weighted by Gasteiger charge is 2.30. The topological polar surface area (TPSA) is 52.3 Å². The molecule has 0 aliphatic carbocycles. The standard InChI is InChI=1S/C16H20N2O2/c1-18(2)6-3-4-12-8-15-13(10-14(12)18)11(5-7-20-15)9-16(17)19/h3,6,8,10-11H,4-5,7,9H2,1-2H3,(H-,17,19)/p+1. The molecule has 1 aromatic carbocycles. The second-order valence-electron chi connectivity index (χ2n) is 6.15. The first kappa shape index (κ1) is 13.2. The quantitative estimate of drug-likeness (QED) is 0.839. The maximum absolute atomic E-state index is 11.3. The number of allylic oxidation sites excluding steroid dienone is 1. The van der Waals surface area contributed by atoms with Gasteiger partial charge in [0.05, 0.1) is 26.9 Å². The van der Waals surface area contributed by atoms with Gasteiger partial charge < -0.3 is 10.5 Å². The average Bonchev–Trinajstić information content (AvgIpc) is 2.36. The summed E-state index contributed by atoms with van der Waals surface area (Å²) in [6, 6.07) is 4.35. The third-order valence-corrected chi connectivity index (χ3v) is 4.26. The summed E-state index contributed by atoms with van der Waals surface area (Å²) in [4.78, 5) is 11.3. The number of carbonyl (C=O) groups excluding carboxylic acids is 1. The molecule has 1 amide bonds. The summed E-state index contributed by atoms with van der Waals surface area (Å²) in [5.41, 5.74) is 9.10. The van der Waals surface area contributed by atoms with Crippen LogP contribution in [-0.4, -0.2) is 26.6 Å². The van der Waals surface area contributed by atoms with Crippen molar-refractivity contribution in [3.05, 3.63) is 35.5 Å². The zero-order valence-corrected chi connectivity index (χ0v) is 12.1. The number of benzene rings is 1. The lowest BCUT2D eigenvalue weighted by atomic mass is 9.87. The summed E-state index contributed by atoms with van der Waals surface area (Å²) in [6.07, 6.45) is 6.59. The van der Waals surface area contributed by atoms with Crippen LogP contribution < -0.4 is 15.0 Å². The molecule has 2 heterocycles. The van der Waals surface area contributed by atoms with Gasteiger partial charge in [-0.2, -0.15) is 0 Å². The number of ether oxygens (including phenoxy) is 1. The number of primary amides is 1. The monoisotopic (exact) mass is 273 g/mol. The molecule has 0 aromatic heterocycles. The van der Waals surface area contributed by atoms with E-state index < -0.39 is 0 Å². The zero-order valence-electron chi connectivity index (χ0n) is 12.1. The molecule has 0 radical (unpaired) electrons. The van der Waals surface area contributed by atoms with E-state index >= 15 is 0 Å². The van der Waals surface area contributed by atoms with Gasteiger partial charge in [0.25, 0.3) is 0 Å². The molecular formula is C16H21N2O2+. The van der Waals surface area contributed by atoms with Crippen LogP contribution in [0.15, 0.2) is 24.4 Å². The van der Waals surface area contributed by atoms with Crippen LogP contribution in [0.2, 0.25) is 0 Å². The van der Waals surface area contributed by atoms with Gasteiger partial charge in [-0.1, -0.05) is 0 Å². The molecule has 106 valence electrons. The van der Waals surface area contributed by atoms with Crippen molar-refractivity contribution in [2.75, 3.05) is 20.7 Å². The van der Waals surface area contributed by atoms with E-state index in [2.05, 4.69) is 38.5 Å². The second kappa shape index (κ2) is 4.63. The number of fused-ring (bicyclic) bond motifs is 2. The van der Waals surface area contributed by atoms with Crippen LogP contribution in [0.25, 0.3) is 0 Å². The molecule has 2 aliphatic heterocycles. The van der Waals surface area contributed by atoms with Gasteiger partial charge in [-0.05, 0) is 24.5 Å². The molecule has 20 heavy (non-hydrogen) atoms.